The van der Waals surface area contributed by atoms with Crippen LogP contribution in [-0.2, 0) is 16.7 Å². The molecule has 1 N–H and O–H groups in total. The van der Waals surface area contributed by atoms with Gasteiger partial charge in [0.15, 0.2) is 5.96 Å². The number of methoxy groups -OCH3 is 2. The van der Waals surface area contributed by atoms with Crippen molar-refractivity contribution in [3.8, 4) is 5.75 Å². The number of nitrogens with one attached hydrogen (secondary N) is 1. The van der Waals surface area contributed by atoms with Gasteiger partial charge in [0.05, 0.1) is 25.9 Å². The lowest BCUT2D eigenvalue weighted by Gasteiger charge is -2.23. The first kappa shape index (κ1) is 24.9. The molecule has 8 heteroatoms. The normalized spacial score (nSPS) is 15.8. The maximum absolute atomic E-state index is 5.59. The van der Waals surface area contributed by atoms with Crippen molar-refractivity contribution < 1.29 is 9.47 Å². The Kier molecular flexibility index (Phi) is 9.36. The van der Waals surface area contributed by atoms with Crippen LogP contribution in [0.3, 0.4) is 0 Å². The Labute approximate surface area is 201 Å². The largest absolute Gasteiger partial charge is 0.496 e. The van der Waals surface area contributed by atoms with Gasteiger partial charge in [-0.25, -0.2) is 4.98 Å². The molecule has 0 amide bonds. The van der Waals surface area contributed by atoms with Gasteiger partial charge in [-0.2, -0.15) is 0 Å². The number of hydrogen-bond donors (Lipinski definition) is 1. The third-order valence-corrected chi connectivity index (χ3v) is 6.48. The van der Waals surface area contributed by atoms with Crippen molar-refractivity contribution >= 4 is 41.3 Å². The number of guanidine groups is 1. The van der Waals surface area contributed by atoms with E-state index >= 15 is 0 Å². The van der Waals surface area contributed by atoms with Crippen LogP contribution in [0.1, 0.15) is 49.1 Å². The predicted molar refractivity (Wildman–Crippen MR) is 134 cm³/mol. The summed E-state index contributed by atoms with van der Waals surface area (Å²) in [5, 5.41) is 6.52. The molecule has 1 atom stereocenters. The summed E-state index contributed by atoms with van der Waals surface area (Å²) in [5.41, 5.74) is 2.39. The minimum absolute atomic E-state index is 0. The van der Waals surface area contributed by atoms with Gasteiger partial charge in [0.2, 0.25) is 0 Å². The van der Waals surface area contributed by atoms with E-state index in [0.29, 0.717) is 6.54 Å². The van der Waals surface area contributed by atoms with Crippen molar-refractivity contribution in [2.75, 3.05) is 34.4 Å². The van der Waals surface area contributed by atoms with E-state index in [1.807, 2.05) is 19.1 Å². The zero-order valence-corrected chi connectivity index (χ0v) is 21.6. The van der Waals surface area contributed by atoms with Crippen LogP contribution in [0.2, 0.25) is 0 Å². The average Bonchev–Trinajstić information content (AvgIpc) is 3.40. The van der Waals surface area contributed by atoms with Crippen LogP contribution >= 0.6 is 35.3 Å². The Morgan fingerprint density at radius 2 is 2.07 bits per heavy atom. The zero-order chi connectivity index (χ0) is 20.9. The number of para-hydroxylation sites is 1. The highest BCUT2D eigenvalue weighted by atomic mass is 127. The molecule has 0 aliphatic heterocycles. The molecule has 1 aliphatic rings. The molecule has 0 spiro atoms. The molecule has 1 saturated carbocycles. The molecule has 2 aromatic rings. The molecule has 0 radical (unpaired) electrons. The summed E-state index contributed by atoms with van der Waals surface area (Å²) in [6.07, 6.45) is 2.31. The topological polar surface area (TPSA) is 59.0 Å². The van der Waals surface area contributed by atoms with E-state index in [2.05, 4.69) is 41.7 Å². The van der Waals surface area contributed by atoms with E-state index in [-0.39, 0.29) is 35.5 Å². The van der Waals surface area contributed by atoms with E-state index in [0.717, 1.165) is 48.3 Å². The van der Waals surface area contributed by atoms with Crippen LogP contribution < -0.4 is 10.1 Å². The molecule has 6 nitrogen and oxygen atoms in total. The minimum atomic E-state index is 0. The second-order valence-corrected chi connectivity index (χ2v) is 8.45. The van der Waals surface area contributed by atoms with Crippen molar-refractivity contribution in [3.05, 3.63) is 45.9 Å². The highest BCUT2D eigenvalue weighted by molar-refractivity contribution is 14.0. The molecular weight excluding hydrogens is 511 g/mol. The quantitative estimate of drug-likeness (QED) is 0.284. The number of benzene rings is 1. The molecule has 1 heterocycles. The summed E-state index contributed by atoms with van der Waals surface area (Å²) in [4.78, 5) is 11.8. The number of ether oxygens (including phenoxy) is 2. The number of hydrogen-bond acceptors (Lipinski definition) is 5. The molecule has 166 valence electrons. The molecule has 0 saturated heterocycles. The number of thiazole rings is 1. The van der Waals surface area contributed by atoms with Gasteiger partial charge in [0, 0.05) is 37.1 Å². The number of rotatable bonds is 9. The van der Waals surface area contributed by atoms with Gasteiger partial charge in [-0.1, -0.05) is 18.2 Å². The lowest BCUT2D eigenvalue weighted by atomic mass is 9.95. The standard InChI is InChI=1S/C22H32N4O2S.HI/c1-6-23-21(26(3)13-17-14-29-20(25-17)16(2)27-4)24-15-22(11-12-22)18-9-7-8-10-19(18)28-5;/h7-10,14,16H,6,11-13,15H2,1-5H3,(H,23,24);1H. The van der Waals surface area contributed by atoms with Crippen molar-refractivity contribution in [1.82, 2.24) is 15.2 Å². The molecule has 3 rings (SSSR count). The van der Waals surface area contributed by atoms with E-state index in [1.165, 1.54) is 5.56 Å². The van der Waals surface area contributed by atoms with Crippen LogP contribution in [0.5, 0.6) is 5.75 Å². The van der Waals surface area contributed by atoms with Gasteiger partial charge < -0.3 is 19.7 Å². The third kappa shape index (κ3) is 5.85. The summed E-state index contributed by atoms with van der Waals surface area (Å²) in [6, 6.07) is 8.31. The molecule has 1 fully saturated rings. The fourth-order valence-electron chi connectivity index (χ4n) is 3.44. The summed E-state index contributed by atoms with van der Waals surface area (Å²) in [7, 11) is 5.51. The lowest BCUT2D eigenvalue weighted by Crippen LogP contribution is -2.39. The smallest absolute Gasteiger partial charge is 0.194 e. The number of halogens is 1. The van der Waals surface area contributed by atoms with Crippen molar-refractivity contribution in [2.45, 2.75) is 44.8 Å². The van der Waals surface area contributed by atoms with Crippen molar-refractivity contribution in [1.29, 1.82) is 0 Å². The van der Waals surface area contributed by atoms with Gasteiger partial charge in [-0.3, -0.25) is 4.99 Å². The SMILES string of the molecule is CCNC(=NCC1(c2ccccc2OC)CC1)N(C)Cc1csc(C(C)OC)n1.I. The number of nitrogens with zero attached hydrogens (tertiary/aromatic N) is 3. The van der Waals surface area contributed by atoms with E-state index < -0.39 is 0 Å². The molecule has 1 aromatic heterocycles. The first-order valence-electron chi connectivity index (χ1n) is 10.1. The average molecular weight is 545 g/mol. The Morgan fingerprint density at radius 3 is 2.70 bits per heavy atom. The van der Waals surface area contributed by atoms with Gasteiger partial charge in [0.1, 0.15) is 16.9 Å². The van der Waals surface area contributed by atoms with Crippen LogP contribution in [-0.4, -0.2) is 50.2 Å². The van der Waals surface area contributed by atoms with E-state index in [4.69, 9.17) is 19.5 Å². The highest BCUT2D eigenvalue weighted by Crippen LogP contribution is 2.51. The van der Waals surface area contributed by atoms with Crippen LogP contribution in [0.4, 0.5) is 0 Å². The van der Waals surface area contributed by atoms with Gasteiger partial charge >= 0.3 is 0 Å². The highest BCUT2D eigenvalue weighted by Gasteiger charge is 2.46. The van der Waals surface area contributed by atoms with Crippen LogP contribution in [0, 0.1) is 0 Å². The molecule has 1 unspecified atom stereocenters. The maximum atomic E-state index is 5.59. The van der Waals surface area contributed by atoms with Crippen molar-refractivity contribution in [3.63, 3.8) is 0 Å². The molecule has 1 aliphatic carbocycles. The molecular formula is C22H33IN4O2S. The first-order valence-corrected chi connectivity index (χ1v) is 11.0. The molecule has 30 heavy (non-hydrogen) atoms. The predicted octanol–water partition coefficient (Wildman–Crippen LogP) is 4.61. The Balaban J connectivity index is 0.00000320. The second-order valence-electron chi connectivity index (χ2n) is 7.56. The zero-order valence-electron chi connectivity index (χ0n) is 18.5. The van der Waals surface area contributed by atoms with Crippen molar-refractivity contribution in [2.24, 2.45) is 4.99 Å². The monoisotopic (exact) mass is 544 g/mol. The maximum Gasteiger partial charge on any atom is 0.194 e. The summed E-state index contributed by atoms with van der Waals surface area (Å²) in [6.45, 7) is 6.40. The second kappa shape index (κ2) is 11.3. The number of aromatic nitrogens is 1. The molecule has 1 aromatic carbocycles. The third-order valence-electron chi connectivity index (χ3n) is 5.43. The summed E-state index contributed by atoms with van der Waals surface area (Å²) in [5.74, 6) is 1.86. The van der Waals surface area contributed by atoms with E-state index in [1.54, 1.807) is 25.6 Å². The fourth-order valence-corrected chi connectivity index (χ4v) is 4.28. The van der Waals surface area contributed by atoms with Gasteiger partial charge in [-0.05, 0) is 32.8 Å². The summed E-state index contributed by atoms with van der Waals surface area (Å²) < 4.78 is 11.0. The minimum Gasteiger partial charge on any atom is -0.496 e. The Bertz CT molecular complexity index is 838. The summed E-state index contributed by atoms with van der Waals surface area (Å²) >= 11 is 1.64. The Morgan fingerprint density at radius 1 is 1.33 bits per heavy atom. The van der Waals surface area contributed by atoms with Gasteiger partial charge in [-0.15, -0.1) is 35.3 Å². The fraction of sp³-hybridized carbons (Fsp3) is 0.545. The number of aliphatic imine (C=N–C) groups is 1. The van der Waals surface area contributed by atoms with Gasteiger partial charge in [0.25, 0.3) is 0 Å². The molecule has 0 bridgehead atoms. The van der Waals surface area contributed by atoms with Crippen LogP contribution in [0.15, 0.2) is 34.6 Å². The lowest BCUT2D eigenvalue weighted by molar-refractivity contribution is 0.119. The van der Waals surface area contributed by atoms with E-state index in [9.17, 15) is 0 Å². The van der Waals surface area contributed by atoms with Crippen LogP contribution in [0.25, 0.3) is 0 Å². The first-order chi connectivity index (χ1) is 14.0. The Hall–Kier alpha value is -1.39.